The summed E-state index contributed by atoms with van der Waals surface area (Å²) in [5.74, 6) is 0.886. The number of nitrogens with zero attached hydrogens (tertiary/aromatic N) is 3. The van der Waals surface area contributed by atoms with Crippen LogP contribution in [0.15, 0.2) is 18.2 Å². The van der Waals surface area contributed by atoms with Gasteiger partial charge < -0.3 is 0 Å². The topological polar surface area (TPSA) is 21.1 Å². The van der Waals surface area contributed by atoms with E-state index in [9.17, 15) is 0 Å². The average molecular weight is 245 g/mol. The first-order valence-electron chi connectivity index (χ1n) is 7.12. The predicted molar refractivity (Wildman–Crippen MR) is 73.7 cm³/mol. The van der Waals surface area contributed by atoms with Crippen LogP contribution >= 0.6 is 0 Å². The Labute approximate surface area is 109 Å². The Morgan fingerprint density at radius 1 is 1.28 bits per heavy atom. The summed E-state index contributed by atoms with van der Waals surface area (Å²) in [5.41, 5.74) is 2.45. The van der Waals surface area contributed by atoms with Crippen LogP contribution < -0.4 is 0 Å². The fourth-order valence-electron chi connectivity index (χ4n) is 3.25. The third kappa shape index (κ3) is 2.37. The lowest BCUT2D eigenvalue weighted by Crippen LogP contribution is -2.50. The van der Waals surface area contributed by atoms with Crippen molar-refractivity contribution in [3.05, 3.63) is 29.6 Å². The number of aromatic nitrogens is 2. The third-order valence-electron chi connectivity index (χ3n) is 4.22. The minimum Gasteiger partial charge on any atom is -0.299 e. The molecule has 2 heterocycles. The standard InChI is InChI=1S/C15H23N3/c1-12-8-13(2)18(16-12)15-10-17(11-15)9-14-6-4-3-5-7-14/h3-4,8,14-15H,5-7,9-11H2,1-2H3/t14-/m1/s1. The van der Waals surface area contributed by atoms with Gasteiger partial charge >= 0.3 is 0 Å². The van der Waals surface area contributed by atoms with Crippen LogP contribution in [0.4, 0.5) is 0 Å². The first-order chi connectivity index (χ1) is 8.72. The molecule has 0 amide bonds. The van der Waals surface area contributed by atoms with Gasteiger partial charge in [-0.3, -0.25) is 9.58 Å². The monoisotopic (exact) mass is 245 g/mol. The zero-order valence-corrected chi connectivity index (χ0v) is 11.5. The fraction of sp³-hybridized carbons (Fsp3) is 0.667. The van der Waals surface area contributed by atoms with Gasteiger partial charge in [-0.15, -0.1) is 0 Å². The van der Waals surface area contributed by atoms with Gasteiger partial charge in [0, 0.05) is 25.3 Å². The molecule has 0 bridgehead atoms. The van der Waals surface area contributed by atoms with Crippen LogP contribution in [0.25, 0.3) is 0 Å². The van der Waals surface area contributed by atoms with E-state index in [4.69, 9.17) is 0 Å². The number of likely N-dealkylation sites (tertiary alicyclic amines) is 1. The van der Waals surface area contributed by atoms with E-state index in [0.29, 0.717) is 6.04 Å². The van der Waals surface area contributed by atoms with Crippen LogP contribution in [-0.4, -0.2) is 34.3 Å². The smallest absolute Gasteiger partial charge is 0.0775 e. The number of hydrogen-bond donors (Lipinski definition) is 0. The number of hydrogen-bond acceptors (Lipinski definition) is 2. The molecule has 0 radical (unpaired) electrons. The summed E-state index contributed by atoms with van der Waals surface area (Å²) in [6.07, 6.45) is 8.61. The largest absolute Gasteiger partial charge is 0.299 e. The van der Waals surface area contributed by atoms with Crippen molar-refractivity contribution >= 4 is 0 Å². The molecule has 2 aliphatic rings. The second-order valence-corrected chi connectivity index (χ2v) is 5.89. The van der Waals surface area contributed by atoms with E-state index >= 15 is 0 Å². The zero-order chi connectivity index (χ0) is 12.5. The summed E-state index contributed by atoms with van der Waals surface area (Å²) in [6, 6.07) is 2.78. The van der Waals surface area contributed by atoms with Gasteiger partial charge in [0.05, 0.1) is 11.7 Å². The maximum atomic E-state index is 4.59. The molecule has 18 heavy (non-hydrogen) atoms. The van der Waals surface area contributed by atoms with Gasteiger partial charge in [0.2, 0.25) is 0 Å². The Morgan fingerprint density at radius 2 is 2.11 bits per heavy atom. The van der Waals surface area contributed by atoms with E-state index in [1.165, 1.54) is 44.6 Å². The maximum absolute atomic E-state index is 4.59. The first-order valence-corrected chi connectivity index (χ1v) is 7.12. The van der Waals surface area contributed by atoms with Crippen molar-refractivity contribution in [2.45, 2.75) is 39.2 Å². The quantitative estimate of drug-likeness (QED) is 0.763. The van der Waals surface area contributed by atoms with E-state index < -0.39 is 0 Å². The summed E-state index contributed by atoms with van der Waals surface area (Å²) in [7, 11) is 0. The highest BCUT2D eigenvalue weighted by atomic mass is 15.4. The van der Waals surface area contributed by atoms with Crippen LogP contribution in [0.3, 0.4) is 0 Å². The number of aryl methyl sites for hydroxylation is 2. The van der Waals surface area contributed by atoms with Crippen molar-refractivity contribution in [2.75, 3.05) is 19.6 Å². The second-order valence-electron chi connectivity index (χ2n) is 5.89. The molecule has 3 rings (SSSR count). The van der Waals surface area contributed by atoms with E-state index in [0.717, 1.165) is 11.6 Å². The van der Waals surface area contributed by atoms with Crippen LogP contribution in [0.1, 0.15) is 36.7 Å². The summed E-state index contributed by atoms with van der Waals surface area (Å²) >= 11 is 0. The molecule has 1 fully saturated rings. The minimum absolute atomic E-state index is 0.609. The van der Waals surface area contributed by atoms with Gasteiger partial charge in [-0.2, -0.15) is 5.10 Å². The van der Waals surface area contributed by atoms with E-state index in [1.54, 1.807) is 0 Å². The molecular weight excluding hydrogens is 222 g/mol. The van der Waals surface area contributed by atoms with Crippen molar-refractivity contribution in [1.29, 1.82) is 0 Å². The van der Waals surface area contributed by atoms with Gasteiger partial charge in [-0.1, -0.05) is 12.2 Å². The molecule has 1 aromatic rings. The molecule has 98 valence electrons. The fourth-order valence-corrected chi connectivity index (χ4v) is 3.25. The number of allylic oxidation sites excluding steroid dienone is 2. The molecule has 1 aliphatic carbocycles. The maximum Gasteiger partial charge on any atom is 0.0775 e. The van der Waals surface area contributed by atoms with Gasteiger partial charge in [0.1, 0.15) is 0 Å². The summed E-state index contributed by atoms with van der Waals surface area (Å²) < 4.78 is 2.21. The van der Waals surface area contributed by atoms with Crippen LogP contribution in [-0.2, 0) is 0 Å². The zero-order valence-electron chi connectivity index (χ0n) is 11.5. The molecular formula is C15H23N3. The highest BCUT2D eigenvalue weighted by Gasteiger charge is 2.31. The summed E-state index contributed by atoms with van der Waals surface area (Å²) in [4.78, 5) is 2.59. The van der Waals surface area contributed by atoms with Crippen molar-refractivity contribution in [2.24, 2.45) is 5.92 Å². The molecule has 0 spiro atoms. The Bertz CT molecular complexity index is 441. The lowest BCUT2D eigenvalue weighted by molar-refractivity contribution is 0.0772. The molecule has 1 aliphatic heterocycles. The van der Waals surface area contributed by atoms with E-state index in [1.807, 2.05) is 0 Å². The molecule has 0 saturated carbocycles. The van der Waals surface area contributed by atoms with Crippen molar-refractivity contribution in [3.8, 4) is 0 Å². The van der Waals surface area contributed by atoms with Crippen LogP contribution in [0.2, 0.25) is 0 Å². The molecule has 0 unspecified atom stereocenters. The lowest BCUT2D eigenvalue weighted by atomic mass is 9.92. The average Bonchev–Trinajstić information content (AvgIpc) is 2.64. The van der Waals surface area contributed by atoms with Crippen LogP contribution in [0, 0.1) is 19.8 Å². The molecule has 0 aromatic carbocycles. The van der Waals surface area contributed by atoms with Crippen molar-refractivity contribution < 1.29 is 0 Å². The highest BCUT2D eigenvalue weighted by Crippen LogP contribution is 2.26. The predicted octanol–water partition coefficient (Wildman–Crippen LogP) is 2.71. The Kier molecular flexibility index (Phi) is 3.25. The molecule has 0 N–H and O–H groups in total. The van der Waals surface area contributed by atoms with Gasteiger partial charge in [0.25, 0.3) is 0 Å². The summed E-state index contributed by atoms with van der Waals surface area (Å²) in [6.45, 7) is 7.88. The summed E-state index contributed by atoms with van der Waals surface area (Å²) in [5, 5.41) is 4.59. The number of rotatable bonds is 3. The normalized spacial score (nSPS) is 25.3. The van der Waals surface area contributed by atoms with Crippen LogP contribution in [0.5, 0.6) is 0 Å². The Balaban J connectivity index is 1.51. The molecule has 3 nitrogen and oxygen atoms in total. The molecule has 1 atom stereocenters. The van der Waals surface area contributed by atoms with Gasteiger partial charge in [0.15, 0.2) is 0 Å². The van der Waals surface area contributed by atoms with Gasteiger partial charge in [-0.05, 0) is 45.1 Å². The minimum atomic E-state index is 0.609. The molecule has 1 saturated heterocycles. The first kappa shape index (κ1) is 12.0. The SMILES string of the molecule is Cc1cc(C)n(C2CN(C[C@@H]3CC=CCC3)C2)n1. The van der Waals surface area contributed by atoms with E-state index in [-0.39, 0.29) is 0 Å². The third-order valence-corrected chi connectivity index (χ3v) is 4.22. The highest BCUT2D eigenvalue weighted by molar-refractivity contribution is 5.09. The van der Waals surface area contributed by atoms with Crippen molar-refractivity contribution in [1.82, 2.24) is 14.7 Å². The van der Waals surface area contributed by atoms with Crippen molar-refractivity contribution in [3.63, 3.8) is 0 Å². The lowest BCUT2D eigenvalue weighted by Gasteiger charge is -2.41. The van der Waals surface area contributed by atoms with E-state index in [2.05, 4.69) is 46.7 Å². The van der Waals surface area contributed by atoms with Gasteiger partial charge in [-0.25, -0.2) is 0 Å². The molecule has 3 heteroatoms. The second kappa shape index (κ2) is 4.88. The Hall–Kier alpha value is -1.09. The Morgan fingerprint density at radius 3 is 2.72 bits per heavy atom. The molecule has 1 aromatic heterocycles.